The van der Waals surface area contributed by atoms with E-state index in [9.17, 15) is 4.79 Å². The van der Waals surface area contributed by atoms with E-state index >= 15 is 0 Å². The fourth-order valence-electron chi connectivity index (χ4n) is 2.39. The molecule has 1 N–H and O–H groups in total. The quantitative estimate of drug-likeness (QED) is 0.908. The summed E-state index contributed by atoms with van der Waals surface area (Å²) in [6.45, 7) is 6.89. The Kier molecular flexibility index (Phi) is 4.72. The van der Waals surface area contributed by atoms with Crippen LogP contribution in [0.5, 0.6) is 0 Å². The summed E-state index contributed by atoms with van der Waals surface area (Å²) in [4.78, 5) is 19.5. The number of aryl methyl sites for hydroxylation is 1. The maximum Gasteiger partial charge on any atom is 0.265 e. The first-order valence-corrected chi connectivity index (χ1v) is 7.48. The SMILES string of the molecule is CCCN(C(=O)c1cnc(C)s1)C1CCCNC1. The van der Waals surface area contributed by atoms with E-state index in [1.165, 1.54) is 11.3 Å². The molecule has 1 fully saturated rings. The van der Waals surface area contributed by atoms with Crippen molar-refractivity contribution in [2.24, 2.45) is 0 Å². The molecule has 0 saturated carbocycles. The highest BCUT2D eigenvalue weighted by Crippen LogP contribution is 2.19. The third-order valence-electron chi connectivity index (χ3n) is 3.27. The van der Waals surface area contributed by atoms with Gasteiger partial charge in [0.2, 0.25) is 0 Å². The lowest BCUT2D eigenvalue weighted by Gasteiger charge is -2.34. The molecule has 5 heteroatoms. The average Bonchev–Trinajstić information content (AvgIpc) is 2.83. The summed E-state index contributed by atoms with van der Waals surface area (Å²) >= 11 is 1.49. The standard InChI is InChI=1S/C13H21N3OS/c1-3-7-16(11-5-4-6-14-8-11)13(17)12-9-15-10(2)18-12/h9,11,14H,3-8H2,1-2H3. The highest BCUT2D eigenvalue weighted by atomic mass is 32.1. The molecule has 100 valence electrons. The molecule has 1 aromatic heterocycles. The summed E-state index contributed by atoms with van der Waals surface area (Å²) in [6, 6.07) is 0.341. The number of rotatable bonds is 4. The van der Waals surface area contributed by atoms with Crippen molar-refractivity contribution >= 4 is 17.2 Å². The van der Waals surface area contributed by atoms with Gasteiger partial charge in [-0.3, -0.25) is 4.79 Å². The van der Waals surface area contributed by atoms with Crippen LogP contribution in [0.4, 0.5) is 0 Å². The molecule has 18 heavy (non-hydrogen) atoms. The lowest BCUT2D eigenvalue weighted by atomic mass is 10.1. The van der Waals surface area contributed by atoms with Crippen molar-refractivity contribution < 1.29 is 4.79 Å². The van der Waals surface area contributed by atoms with Crippen molar-refractivity contribution in [1.82, 2.24) is 15.2 Å². The maximum atomic E-state index is 12.5. The second-order valence-corrected chi connectivity index (χ2v) is 5.98. The van der Waals surface area contributed by atoms with Crippen LogP contribution in [0, 0.1) is 6.92 Å². The topological polar surface area (TPSA) is 45.2 Å². The van der Waals surface area contributed by atoms with Crippen molar-refractivity contribution in [1.29, 1.82) is 0 Å². The molecule has 1 aliphatic rings. The van der Waals surface area contributed by atoms with Gasteiger partial charge in [0.05, 0.1) is 11.2 Å². The van der Waals surface area contributed by atoms with Crippen LogP contribution >= 0.6 is 11.3 Å². The monoisotopic (exact) mass is 267 g/mol. The van der Waals surface area contributed by atoms with Crippen molar-refractivity contribution in [3.8, 4) is 0 Å². The van der Waals surface area contributed by atoms with Gasteiger partial charge in [0.1, 0.15) is 4.88 Å². The van der Waals surface area contributed by atoms with Gasteiger partial charge < -0.3 is 10.2 Å². The van der Waals surface area contributed by atoms with E-state index in [4.69, 9.17) is 0 Å². The first kappa shape index (κ1) is 13.5. The predicted octanol–water partition coefficient (Wildman–Crippen LogP) is 2.06. The number of aromatic nitrogens is 1. The molecule has 4 nitrogen and oxygen atoms in total. The first-order valence-electron chi connectivity index (χ1n) is 6.66. The second-order valence-electron chi connectivity index (χ2n) is 4.74. The molecule has 0 aliphatic carbocycles. The van der Waals surface area contributed by atoms with Gasteiger partial charge in [0, 0.05) is 19.1 Å². The summed E-state index contributed by atoms with van der Waals surface area (Å²) in [6.07, 6.45) is 4.97. The summed E-state index contributed by atoms with van der Waals surface area (Å²) in [7, 11) is 0. The van der Waals surface area contributed by atoms with E-state index in [1.807, 2.05) is 11.8 Å². The molecule has 0 aromatic carbocycles. The zero-order chi connectivity index (χ0) is 13.0. The Hall–Kier alpha value is -0.940. The minimum atomic E-state index is 0.149. The third kappa shape index (κ3) is 3.09. The molecule has 0 bridgehead atoms. The van der Waals surface area contributed by atoms with Crippen LogP contribution in [0.2, 0.25) is 0 Å². The molecule has 0 spiro atoms. The van der Waals surface area contributed by atoms with Crippen LogP contribution in [0.1, 0.15) is 40.9 Å². The molecule has 1 amide bonds. The molecule has 2 heterocycles. The molecule has 1 atom stereocenters. The van der Waals surface area contributed by atoms with Crippen LogP contribution in [-0.2, 0) is 0 Å². The molecule has 0 radical (unpaired) electrons. The molecular weight excluding hydrogens is 246 g/mol. The summed E-state index contributed by atoms with van der Waals surface area (Å²) in [5.74, 6) is 0.149. The fraction of sp³-hybridized carbons (Fsp3) is 0.692. The molecule has 1 aliphatic heterocycles. The predicted molar refractivity (Wildman–Crippen MR) is 74.1 cm³/mol. The van der Waals surface area contributed by atoms with E-state index in [-0.39, 0.29) is 5.91 Å². The van der Waals surface area contributed by atoms with Crippen LogP contribution in [0.15, 0.2) is 6.20 Å². The number of amides is 1. The summed E-state index contributed by atoms with van der Waals surface area (Å²) in [5, 5.41) is 4.33. The van der Waals surface area contributed by atoms with E-state index in [1.54, 1.807) is 6.20 Å². The number of piperidine rings is 1. The van der Waals surface area contributed by atoms with E-state index in [2.05, 4.69) is 17.2 Å². The lowest BCUT2D eigenvalue weighted by molar-refractivity contribution is 0.0653. The summed E-state index contributed by atoms with van der Waals surface area (Å²) < 4.78 is 0. The Morgan fingerprint density at radius 3 is 3.06 bits per heavy atom. The van der Waals surface area contributed by atoms with Crippen LogP contribution in [-0.4, -0.2) is 41.5 Å². The van der Waals surface area contributed by atoms with Crippen molar-refractivity contribution in [3.05, 3.63) is 16.1 Å². The first-order chi connectivity index (χ1) is 8.72. The molecule has 1 saturated heterocycles. The smallest absolute Gasteiger partial charge is 0.265 e. The van der Waals surface area contributed by atoms with Gasteiger partial charge in [-0.25, -0.2) is 4.98 Å². The van der Waals surface area contributed by atoms with Gasteiger partial charge in [-0.05, 0) is 32.7 Å². The number of hydrogen-bond acceptors (Lipinski definition) is 4. The van der Waals surface area contributed by atoms with Gasteiger partial charge in [-0.1, -0.05) is 6.92 Å². The minimum absolute atomic E-state index is 0.149. The van der Waals surface area contributed by atoms with Crippen LogP contribution in [0.3, 0.4) is 0 Å². The van der Waals surface area contributed by atoms with E-state index in [0.717, 1.165) is 48.8 Å². The number of nitrogens with zero attached hydrogens (tertiary/aromatic N) is 2. The zero-order valence-corrected chi connectivity index (χ0v) is 11.9. The molecule has 2 rings (SSSR count). The number of thiazole rings is 1. The fourth-order valence-corrected chi connectivity index (χ4v) is 3.13. The van der Waals surface area contributed by atoms with Gasteiger partial charge >= 0.3 is 0 Å². The summed E-state index contributed by atoms with van der Waals surface area (Å²) in [5.41, 5.74) is 0. The van der Waals surface area contributed by atoms with Crippen molar-refractivity contribution in [3.63, 3.8) is 0 Å². The number of nitrogens with one attached hydrogen (secondary N) is 1. The highest BCUT2D eigenvalue weighted by molar-refractivity contribution is 7.13. The number of hydrogen-bond donors (Lipinski definition) is 1. The second kappa shape index (κ2) is 6.29. The Bertz CT molecular complexity index is 399. The van der Waals surface area contributed by atoms with Crippen molar-refractivity contribution in [2.75, 3.05) is 19.6 Å². The molecule has 1 aromatic rings. The van der Waals surface area contributed by atoms with Crippen molar-refractivity contribution in [2.45, 2.75) is 39.2 Å². The molecular formula is C13H21N3OS. The van der Waals surface area contributed by atoms with E-state index in [0.29, 0.717) is 6.04 Å². The van der Waals surface area contributed by atoms with E-state index < -0.39 is 0 Å². The Morgan fingerprint density at radius 2 is 2.50 bits per heavy atom. The Morgan fingerprint density at radius 1 is 1.67 bits per heavy atom. The normalized spacial score (nSPS) is 19.8. The largest absolute Gasteiger partial charge is 0.334 e. The van der Waals surface area contributed by atoms with Gasteiger partial charge in [0.25, 0.3) is 5.91 Å². The number of carbonyl (C=O) groups is 1. The van der Waals surface area contributed by atoms with Crippen LogP contribution in [0.25, 0.3) is 0 Å². The Balaban J connectivity index is 2.10. The van der Waals surface area contributed by atoms with Crippen LogP contribution < -0.4 is 5.32 Å². The molecule has 1 unspecified atom stereocenters. The minimum Gasteiger partial charge on any atom is -0.334 e. The lowest BCUT2D eigenvalue weighted by Crippen LogP contribution is -2.48. The maximum absolute atomic E-state index is 12.5. The van der Waals surface area contributed by atoms with Gasteiger partial charge in [-0.15, -0.1) is 11.3 Å². The van der Waals surface area contributed by atoms with Gasteiger partial charge in [-0.2, -0.15) is 0 Å². The zero-order valence-electron chi connectivity index (χ0n) is 11.1. The Labute approximate surface area is 112 Å². The van der Waals surface area contributed by atoms with Gasteiger partial charge in [0.15, 0.2) is 0 Å². The highest BCUT2D eigenvalue weighted by Gasteiger charge is 2.26. The average molecular weight is 267 g/mol. The third-order valence-corrected chi connectivity index (χ3v) is 4.17. The number of carbonyl (C=O) groups excluding carboxylic acids is 1.